The average Bonchev–Trinajstić information content (AvgIpc) is 3.07. The van der Waals surface area contributed by atoms with Crippen LogP contribution in [0.4, 0.5) is 5.69 Å². The van der Waals surface area contributed by atoms with Crippen molar-refractivity contribution in [3.8, 4) is 5.75 Å². The molecule has 4 heteroatoms. The van der Waals surface area contributed by atoms with Crippen LogP contribution in [0.15, 0.2) is 52.9 Å². The SMILES string of the molecule is Cc1cccc(C)c1NC(=O)c1ccc(COc2c(C)cccc2C)o1. The number of nitrogens with one attached hydrogen (secondary N) is 1. The maximum absolute atomic E-state index is 12.5. The summed E-state index contributed by atoms with van der Waals surface area (Å²) in [6.07, 6.45) is 0. The normalized spacial score (nSPS) is 10.6. The molecule has 1 heterocycles. The molecule has 0 unspecified atom stereocenters. The number of para-hydroxylation sites is 2. The lowest BCUT2D eigenvalue weighted by Gasteiger charge is -2.11. The van der Waals surface area contributed by atoms with E-state index in [1.54, 1.807) is 12.1 Å². The van der Waals surface area contributed by atoms with Gasteiger partial charge >= 0.3 is 0 Å². The van der Waals surface area contributed by atoms with E-state index in [-0.39, 0.29) is 18.3 Å². The molecular weight excluding hydrogens is 326 g/mol. The van der Waals surface area contributed by atoms with E-state index < -0.39 is 0 Å². The van der Waals surface area contributed by atoms with Gasteiger partial charge in [0.2, 0.25) is 0 Å². The first kappa shape index (κ1) is 17.8. The van der Waals surface area contributed by atoms with Crippen molar-refractivity contribution in [3.05, 3.63) is 82.3 Å². The van der Waals surface area contributed by atoms with Crippen molar-refractivity contribution in [2.45, 2.75) is 34.3 Å². The molecule has 0 aliphatic carbocycles. The van der Waals surface area contributed by atoms with E-state index in [0.717, 1.165) is 33.7 Å². The summed E-state index contributed by atoms with van der Waals surface area (Å²) in [4.78, 5) is 12.5. The topological polar surface area (TPSA) is 51.5 Å². The van der Waals surface area contributed by atoms with Crippen LogP contribution in [0.25, 0.3) is 0 Å². The maximum atomic E-state index is 12.5. The Hall–Kier alpha value is -3.01. The second-order valence-corrected chi connectivity index (χ2v) is 6.50. The number of benzene rings is 2. The molecule has 0 atom stereocenters. The van der Waals surface area contributed by atoms with Crippen molar-refractivity contribution in [1.82, 2.24) is 0 Å². The summed E-state index contributed by atoms with van der Waals surface area (Å²) in [5, 5.41) is 2.93. The number of hydrogen-bond donors (Lipinski definition) is 1. The van der Waals surface area contributed by atoms with Crippen LogP contribution in [0.1, 0.15) is 38.6 Å². The zero-order chi connectivity index (χ0) is 18.7. The molecule has 134 valence electrons. The number of aryl methyl sites for hydroxylation is 4. The fourth-order valence-corrected chi connectivity index (χ4v) is 2.93. The summed E-state index contributed by atoms with van der Waals surface area (Å²) in [6.45, 7) is 8.23. The molecule has 1 N–H and O–H groups in total. The predicted molar refractivity (Wildman–Crippen MR) is 103 cm³/mol. The Morgan fingerprint density at radius 3 is 2.08 bits per heavy atom. The summed E-state index contributed by atoms with van der Waals surface area (Å²) in [7, 11) is 0. The lowest BCUT2D eigenvalue weighted by atomic mass is 10.1. The highest BCUT2D eigenvalue weighted by Gasteiger charge is 2.14. The molecule has 0 aliphatic rings. The number of carbonyl (C=O) groups excluding carboxylic acids is 1. The highest BCUT2D eigenvalue weighted by atomic mass is 16.5. The Bertz CT molecular complexity index is 900. The van der Waals surface area contributed by atoms with Crippen molar-refractivity contribution >= 4 is 11.6 Å². The number of hydrogen-bond acceptors (Lipinski definition) is 3. The minimum Gasteiger partial charge on any atom is -0.485 e. The van der Waals surface area contributed by atoms with Gasteiger partial charge in [-0.05, 0) is 62.1 Å². The molecule has 0 saturated carbocycles. The van der Waals surface area contributed by atoms with Crippen molar-refractivity contribution in [2.24, 2.45) is 0 Å². The predicted octanol–water partition coefficient (Wildman–Crippen LogP) is 5.34. The summed E-state index contributed by atoms with van der Waals surface area (Å²) in [5.41, 5.74) is 5.00. The number of anilines is 1. The van der Waals surface area contributed by atoms with Crippen LogP contribution in [0, 0.1) is 27.7 Å². The van der Waals surface area contributed by atoms with Crippen LogP contribution in [0.2, 0.25) is 0 Å². The van der Waals surface area contributed by atoms with Gasteiger partial charge in [-0.3, -0.25) is 4.79 Å². The van der Waals surface area contributed by atoms with E-state index >= 15 is 0 Å². The van der Waals surface area contributed by atoms with Crippen molar-refractivity contribution in [3.63, 3.8) is 0 Å². The van der Waals surface area contributed by atoms with E-state index in [1.165, 1.54) is 0 Å². The van der Waals surface area contributed by atoms with Gasteiger partial charge in [0.25, 0.3) is 5.91 Å². The standard InChI is InChI=1S/C22H23NO3/c1-14-7-5-8-15(2)20(14)23-22(24)19-12-11-18(26-19)13-25-21-16(3)9-6-10-17(21)4/h5-12H,13H2,1-4H3,(H,23,24). The van der Waals surface area contributed by atoms with E-state index in [0.29, 0.717) is 5.76 Å². The molecule has 0 fully saturated rings. The molecule has 3 rings (SSSR count). The fraction of sp³-hybridized carbons (Fsp3) is 0.227. The van der Waals surface area contributed by atoms with Crippen LogP contribution in [0.3, 0.4) is 0 Å². The molecule has 0 radical (unpaired) electrons. The molecule has 26 heavy (non-hydrogen) atoms. The Labute approximate surface area is 153 Å². The molecular formula is C22H23NO3. The van der Waals surface area contributed by atoms with Crippen LogP contribution < -0.4 is 10.1 Å². The average molecular weight is 349 g/mol. The van der Waals surface area contributed by atoms with Crippen molar-refractivity contribution in [2.75, 3.05) is 5.32 Å². The van der Waals surface area contributed by atoms with Crippen LogP contribution >= 0.6 is 0 Å². The van der Waals surface area contributed by atoms with Crippen LogP contribution in [-0.2, 0) is 6.61 Å². The fourth-order valence-electron chi connectivity index (χ4n) is 2.93. The van der Waals surface area contributed by atoms with Gasteiger partial charge in [0.15, 0.2) is 5.76 Å². The van der Waals surface area contributed by atoms with Crippen molar-refractivity contribution < 1.29 is 13.9 Å². The smallest absolute Gasteiger partial charge is 0.291 e. The summed E-state index contributed by atoms with van der Waals surface area (Å²) < 4.78 is 11.5. The highest BCUT2D eigenvalue weighted by Crippen LogP contribution is 2.24. The minimum atomic E-state index is -0.263. The number of furan rings is 1. The Kier molecular flexibility index (Phi) is 5.12. The molecule has 0 aliphatic heterocycles. The van der Waals surface area contributed by atoms with Crippen molar-refractivity contribution in [1.29, 1.82) is 0 Å². The largest absolute Gasteiger partial charge is 0.485 e. The Balaban J connectivity index is 1.69. The number of ether oxygens (including phenoxy) is 1. The Morgan fingerprint density at radius 2 is 1.46 bits per heavy atom. The minimum absolute atomic E-state index is 0.263. The van der Waals surface area contributed by atoms with Gasteiger partial charge in [-0.1, -0.05) is 36.4 Å². The molecule has 3 aromatic rings. The molecule has 0 spiro atoms. The van der Waals surface area contributed by atoms with E-state index in [9.17, 15) is 4.79 Å². The van der Waals surface area contributed by atoms with Gasteiger partial charge in [-0.25, -0.2) is 0 Å². The van der Waals surface area contributed by atoms with Gasteiger partial charge in [0, 0.05) is 5.69 Å². The molecule has 1 aromatic heterocycles. The Morgan fingerprint density at radius 1 is 0.885 bits per heavy atom. The molecule has 1 amide bonds. The zero-order valence-electron chi connectivity index (χ0n) is 15.6. The van der Waals surface area contributed by atoms with Crippen LogP contribution in [-0.4, -0.2) is 5.91 Å². The third-order valence-corrected chi connectivity index (χ3v) is 4.37. The van der Waals surface area contributed by atoms with Gasteiger partial charge in [0.05, 0.1) is 0 Å². The summed E-state index contributed by atoms with van der Waals surface area (Å²) in [6, 6.07) is 15.4. The first-order chi connectivity index (χ1) is 12.5. The molecule has 2 aromatic carbocycles. The van der Waals surface area contributed by atoms with Crippen LogP contribution in [0.5, 0.6) is 5.75 Å². The van der Waals surface area contributed by atoms with Gasteiger partial charge < -0.3 is 14.5 Å². The third-order valence-electron chi connectivity index (χ3n) is 4.37. The quantitative estimate of drug-likeness (QED) is 0.676. The lowest BCUT2D eigenvalue weighted by molar-refractivity contribution is 0.0992. The summed E-state index contributed by atoms with van der Waals surface area (Å²) >= 11 is 0. The monoisotopic (exact) mass is 349 g/mol. The highest BCUT2D eigenvalue weighted by molar-refractivity contribution is 6.03. The lowest BCUT2D eigenvalue weighted by Crippen LogP contribution is -2.13. The van der Waals surface area contributed by atoms with E-state index in [4.69, 9.17) is 9.15 Å². The first-order valence-electron chi connectivity index (χ1n) is 8.61. The van der Waals surface area contributed by atoms with Gasteiger partial charge in [-0.15, -0.1) is 0 Å². The van der Waals surface area contributed by atoms with E-state index in [2.05, 4.69) is 5.32 Å². The zero-order valence-corrected chi connectivity index (χ0v) is 15.6. The second kappa shape index (κ2) is 7.48. The second-order valence-electron chi connectivity index (χ2n) is 6.50. The maximum Gasteiger partial charge on any atom is 0.291 e. The molecule has 0 bridgehead atoms. The third kappa shape index (κ3) is 3.80. The number of amides is 1. The first-order valence-corrected chi connectivity index (χ1v) is 8.61. The molecule has 0 saturated heterocycles. The molecule has 4 nitrogen and oxygen atoms in total. The van der Waals surface area contributed by atoms with Gasteiger partial charge in [-0.2, -0.15) is 0 Å². The summed E-state index contributed by atoms with van der Waals surface area (Å²) in [5.74, 6) is 1.47. The van der Waals surface area contributed by atoms with E-state index in [1.807, 2.05) is 64.1 Å². The number of carbonyl (C=O) groups is 1. The van der Waals surface area contributed by atoms with Gasteiger partial charge in [0.1, 0.15) is 18.1 Å². The number of rotatable bonds is 5.